The van der Waals surface area contributed by atoms with Gasteiger partial charge in [0.2, 0.25) is 0 Å². The smallest absolute Gasteiger partial charge is 0.166 e. The van der Waals surface area contributed by atoms with Gasteiger partial charge in [-0.15, -0.1) is 0 Å². The van der Waals surface area contributed by atoms with E-state index in [1.165, 1.54) is 6.07 Å². The molecule has 1 rings (SSSR count). The molecule has 0 aliphatic heterocycles. The summed E-state index contributed by atoms with van der Waals surface area (Å²) in [5, 5.41) is 17.7. The molecule has 0 unspecified atom stereocenters. The molecule has 0 amide bonds. The standard InChI is InChI=1S/C7H6BrFO2/c8-6-4(3-10)1-2-5(9)7(6)11/h1-2,10-11H,3H2. The molecule has 0 spiro atoms. The van der Waals surface area contributed by atoms with Gasteiger partial charge in [-0.2, -0.15) is 0 Å². The van der Waals surface area contributed by atoms with E-state index in [0.29, 0.717) is 5.56 Å². The number of hydrogen-bond donors (Lipinski definition) is 2. The zero-order valence-corrected chi connectivity index (χ0v) is 7.10. The average Bonchev–Trinajstić information content (AvgIpc) is 2.01. The van der Waals surface area contributed by atoms with Crippen molar-refractivity contribution >= 4 is 15.9 Å². The lowest BCUT2D eigenvalue weighted by atomic mass is 10.2. The van der Waals surface area contributed by atoms with E-state index in [4.69, 9.17) is 10.2 Å². The minimum atomic E-state index is -0.700. The van der Waals surface area contributed by atoms with Crippen molar-refractivity contribution in [3.63, 3.8) is 0 Å². The molecule has 0 aliphatic carbocycles. The van der Waals surface area contributed by atoms with Crippen molar-refractivity contribution in [3.05, 3.63) is 28.0 Å². The van der Waals surface area contributed by atoms with Crippen molar-refractivity contribution < 1.29 is 14.6 Å². The Kier molecular flexibility index (Phi) is 2.46. The Labute approximate surface area is 71.4 Å². The average molecular weight is 221 g/mol. The second kappa shape index (κ2) is 3.19. The van der Waals surface area contributed by atoms with Gasteiger partial charge in [0.1, 0.15) is 0 Å². The molecule has 1 aromatic rings. The fourth-order valence-electron chi connectivity index (χ4n) is 0.705. The third-order valence-corrected chi connectivity index (χ3v) is 2.20. The Hall–Kier alpha value is -0.610. The third-order valence-electron chi connectivity index (χ3n) is 1.32. The lowest BCUT2D eigenvalue weighted by Crippen LogP contribution is -1.87. The van der Waals surface area contributed by atoms with Crippen LogP contribution in [0.25, 0.3) is 0 Å². The number of phenolic OH excluding ortho intramolecular Hbond substituents is 1. The van der Waals surface area contributed by atoms with Crippen LogP contribution in [0, 0.1) is 5.82 Å². The molecule has 4 heteroatoms. The van der Waals surface area contributed by atoms with E-state index in [0.717, 1.165) is 6.07 Å². The molecule has 1 aromatic carbocycles. The molecule has 0 heterocycles. The van der Waals surface area contributed by atoms with Gasteiger partial charge in [0.05, 0.1) is 11.1 Å². The van der Waals surface area contributed by atoms with Crippen molar-refractivity contribution in [2.24, 2.45) is 0 Å². The summed E-state index contributed by atoms with van der Waals surface area (Å²) in [6.45, 7) is -0.228. The third kappa shape index (κ3) is 1.52. The minimum absolute atomic E-state index is 0.208. The second-order valence-corrected chi connectivity index (χ2v) is 2.82. The summed E-state index contributed by atoms with van der Waals surface area (Å²) >= 11 is 2.94. The summed E-state index contributed by atoms with van der Waals surface area (Å²) < 4.78 is 12.7. The molecular formula is C7H6BrFO2. The van der Waals surface area contributed by atoms with E-state index < -0.39 is 11.6 Å². The predicted molar refractivity (Wildman–Crippen MR) is 41.7 cm³/mol. The minimum Gasteiger partial charge on any atom is -0.504 e. The number of phenols is 1. The highest BCUT2D eigenvalue weighted by Crippen LogP contribution is 2.29. The largest absolute Gasteiger partial charge is 0.504 e. The Morgan fingerprint density at radius 2 is 2.09 bits per heavy atom. The van der Waals surface area contributed by atoms with Gasteiger partial charge in [0, 0.05) is 0 Å². The number of aromatic hydroxyl groups is 1. The fraction of sp³-hybridized carbons (Fsp3) is 0.143. The van der Waals surface area contributed by atoms with Crippen LogP contribution in [-0.4, -0.2) is 10.2 Å². The van der Waals surface area contributed by atoms with Crippen LogP contribution in [0.1, 0.15) is 5.56 Å². The number of hydrogen-bond acceptors (Lipinski definition) is 2. The topological polar surface area (TPSA) is 40.5 Å². The highest BCUT2D eigenvalue weighted by Gasteiger charge is 2.08. The predicted octanol–water partition coefficient (Wildman–Crippen LogP) is 1.79. The molecule has 0 saturated heterocycles. The molecule has 2 nitrogen and oxygen atoms in total. The van der Waals surface area contributed by atoms with E-state index in [2.05, 4.69) is 15.9 Å². The number of halogens is 2. The van der Waals surface area contributed by atoms with E-state index >= 15 is 0 Å². The fourth-order valence-corrected chi connectivity index (χ4v) is 1.15. The van der Waals surface area contributed by atoms with E-state index in [9.17, 15) is 4.39 Å². The van der Waals surface area contributed by atoms with Crippen molar-refractivity contribution in [1.29, 1.82) is 0 Å². The SMILES string of the molecule is OCc1ccc(F)c(O)c1Br. The summed E-state index contributed by atoms with van der Waals surface area (Å²) in [6.07, 6.45) is 0. The van der Waals surface area contributed by atoms with Crippen LogP contribution in [0.3, 0.4) is 0 Å². The van der Waals surface area contributed by atoms with Crippen LogP contribution >= 0.6 is 15.9 Å². The second-order valence-electron chi connectivity index (χ2n) is 2.03. The lowest BCUT2D eigenvalue weighted by molar-refractivity contribution is 0.279. The summed E-state index contributed by atoms with van der Waals surface area (Å²) in [4.78, 5) is 0. The highest BCUT2D eigenvalue weighted by atomic mass is 79.9. The van der Waals surface area contributed by atoms with Gasteiger partial charge >= 0.3 is 0 Å². The van der Waals surface area contributed by atoms with Crippen LogP contribution in [0.4, 0.5) is 4.39 Å². The van der Waals surface area contributed by atoms with E-state index in [1.807, 2.05) is 0 Å². The zero-order chi connectivity index (χ0) is 8.43. The van der Waals surface area contributed by atoms with Crippen molar-refractivity contribution in [2.75, 3.05) is 0 Å². The van der Waals surface area contributed by atoms with Crippen molar-refractivity contribution in [3.8, 4) is 5.75 Å². The van der Waals surface area contributed by atoms with Gasteiger partial charge in [0.25, 0.3) is 0 Å². The van der Waals surface area contributed by atoms with Gasteiger partial charge in [-0.25, -0.2) is 4.39 Å². The molecule has 0 saturated carbocycles. The van der Waals surface area contributed by atoms with Crippen LogP contribution in [0.5, 0.6) is 5.75 Å². The Balaban J connectivity index is 3.25. The maximum atomic E-state index is 12.5. The first kappa shape index (κ1) is 8.49. The summed E-state index contributed by atoms with van der Waals surface area (Å²) in [5.41, 5.74) is 0.462. The number of aliphatic hydroxyl groups is 1. The first-order chi connectivity index (χ1) is 5.16. The quantitative estimate of drug-likeness (QED) is 0.758. The first-order valence-electron chi connectivity index (χ1n) is 2.93. The van der Waals surface area contributed by atoms with Crippen molar-refractivity contribution in [2.45, 2.75) is 6.61 Å². The molecule has 0 aliphatic rings. The van der Waals surface area contributed by atoms with E-state index in [-0.39, 0.29) is 11.1 Å². The molecule has 11 heavy (non-hydrogen) atoms. The number of aliphatic hydroxyl groups excluding tert-OH is 1. The number of benzene rings is 1. The normalized spacial score (nSPS) is 10.1. The van der Waals surface area contributed by atoms with Gasteiger partial charge < -0.3 is 10.2 Å². The van der Waals surface area contributed by atoms with Crippen LogP contribution in [0.2, 0.25) is 0 Å². The zero-order valence-electron chi connectivity index (χ0n) is 5.51. The van der Waals surface area contributed by atoms with Gasteiger partial charge in [-0.3, -0.25) is 0 Å². The van der Waals surface area contributed by atoms with E-state index in [1.54, 1.807) is 0 Å². The molecule has 0 fully saturated rings. The molecule has 0 bridgehead atoms. The highest BCUT2D eigenvalue weighted by molar-refractivity contribution is 9.10. The molecule has 60 valence electrons. The van der Waals surface area contributed by atoms with Gasteiger partial charge in [0.15, 0.2) is 11.6 Å². The first-order valence-corrected chi connectivity index (χ1v) is 3.73. The summed E-state index contributed by atoms with van der Waals surface area (Å²) in [6, 6.07) is 2.50. The Morgan fingerprint density at radius 1 is 1.45 bits per heavy atom. The molecule has 0 radical (unpaired) electrons. The molecular weight excluding hydrogens is 215 g/mol. The number of rotatable bonds is 1. The van der Waals surface area contributed by atoms with Crippen LogP contribution < -0.4 is 0 Å². The summed E-state index contributed by atoms with van der Waals surface area (Å²) in [5.74, 6) is -1.16. The van der Waals surface area contributed by atoms with Gasteiger partial charge in [-0.05, 0) is 27.6 Å². The Morgan fingerprint density at radius 3 is 2.64 bits per heavy atom. The maximum Gasteiger partial charge on any atom is 0.166 e. The summed E-state index contributed by atoms with van der Waals surface area (Å²) in [7, 11) is 0. The van der Waals surface area contributed by atoms with Gasteiger partial charge in [-0.1, -0.05) is 6.07 Å². The van der Waals surface area contributed by atoms with Crippen LogP contribution in [-0.2, 0) is 6.61 Å². The van der Waals surface area contributed by atoms with Crippen molar-refractivity contribution in [1.82, 2.24) is 0 Å². The monoisotopic (exact) mass is 220 g/mol. The lowest BCUT2D eigenvalue weighted by Gasteiger charge is -2.02. The molecule has 0 aromatic heterocycles. The Bertz CT molecular complexity index is 275. The molecule has 0 atom stereocenters. The maximum absolute atomic E-state index is 12.5. The molecule has 2 N–H and O–H groups in total. The van der Waals surface area contributed by atoms with Crippen LogP contribution in [0.15, 0.2) is 16.6 Å².